The Balaban J connectivity index is 1.78. The molecular formula is C18H30N4O3. The monoisotopic (exact) mass is 350 g/mol. The molecule has 1 unspecified atom stereocenters. The van der Waals surface area contributed by atoms with Crippen molar-refractivity contribution in [2.45, 2.75) is 39.5 Å². The lowest BCUT2D eigenvalue weighted by Crippen LogP contribution is -2.52. The van der Waals surface area contributed by atoms with Gasteiger partial charge in [-0.3, -0.25) is 4.90 Å². The Morgan fingerprint density at radius 2 is 1.96 bits per heavy atom. The lowest BCUT2D eigenvalue weighted by Gasteiger charge is -2.36. The van der Waals surface area contributed by atoms with Gasteiger partial charge in [-0.25, -0.2) is 4.79 Å². The van der Waals surface area contributed by atoms with Crippen LogP contribution in [0.5, 0.6) is 0 Å². The second kappa shape index (κ2) is 7.93. The van der Waals surface area contributed by atoms with Crippen LogP contribution in [0.1, 0.15) is 26.3 Å². The second-order valence-electron chi connectivity index (χ2n) is 7.50. The Kier molecular flexibility index (Phi) is 6.13. The van der Waals surface area contributed by atoms with Crippen LogP contribution in [-0.4, -0.2) is 65.6 Å². The third kappa shape index (κ3) is 6.10. The average molecular weight is 350 g/mol. The Morgan fingerprint density at radius 3 is 2.52 bits per heavy atom. The number of nitrogens with zero attached hydrogens (tertiary/aromatic N) is 2. The van der Waals surface area contributed by atoms with Crippen molar-refractivity contribution in [1.29, 1.82) is 0 Å². The van der Waals surface area contributed by atoms with E-state index in [0.29, 0.717) is 38.4 Å². The maximum absolute atomic E-state index is 12.1. The van der Waals surface area contributed by atoms with Crippen molar-refractivity contribution in [2.75, 3.05) is 43.8 Å². The first-order valence-corrected chi connectivity index (χ1v) is 8.65. The summed E-state index contributed by atoms with van der Waals surface area (Å²) in [7, 11) is 0. The number of hydrogen-bond acceptors (Lipinski definition) is 6. The minimum atomic E-state index is -0.685. The molecule has 0 bridgehead atoms. The van der Waals surface area contributed by atoms with Gasteiger partial charge in [0.15, 0.2) is 0 Å². The molecule has 1 aliphatic rings. The minimum Gasteiger partial charge on any atom is -0.444 e. The molecule has 7 heteroatoms. The van der Waals surface area contributed by atoms with E-state index in [2.05, 4.69) is 10.2 Å². The number of aliphatic hydroxyl groups is 1. The molecule has 140 valence electrons. The second-order valence-corrected chi connectivity index (χ2v) is 7.50. The molecule has 2 rings (SSSR count). The van der Waals surface area contributed by atoms with Crippen molar-refractivity contribution in [3.05, 3.63) is 23.8 Å². The molecule has 7 nitrogen and oxygen atoms in total. The van der Waals surface area contributed by atoms with Crippen molar-refractivity contribution < 1.29 is 14.6 Å². The fraction of sp³-hybridized carbons (Fsp3) is 0.611. The number of aliphatic hydroxyl groups excluding tert-OH is 1. The molecule has 0 aromatic heterocycles. The van der Waals surface area contributed by atoms with Gasteiger partial charge in [0.25, 0.3) is 0 Å². The molecule has 1 aliphatic heterocycles. The predicted octanol–water partition coefficient (Wildman–Crippen LogP) is 1.86. The summed E-state index contributed by atoms with van der Waals surface area (Å²) in [6.45, 7) is 10.6. The largest absolute Gasteiger partial charge is 0.444 e. The number of carbonyl (C=O) groups excluding carboxylic acids is 1. The van der Waals surface area contributed by atoms with Crippen LogP contribution < -0.4 is 11.1 Å². The number of nitrogens with one attached hydrogen (secondary N) is 1. The number of benzene rings is 1. The molecule has 1 aromatic rings. The van der Waals surface area contributed by atoms with Crippen LogP contribution in [0.15, 0.2) is 18.2 Å². The number of anilines is 2. The normalized spacial score (nSPS) is 17.2. The van der Waals surface area contributed by atoms with Gasteiger partial charge < -0.3 is 25.8 Å². The van der Waals surface area contributed by atoms with Crippen LogP contribution in [0.4, 0.5) is 16.2 Å². The highest BCUT2D eigenvalue weighted by molar-refractivity contribution is 5.68. The number of hydrogen-bond donors (Lipinski definition) is 3. The summed E-state index contributed by atoms with van der Waals surface area (Å²) in [6.07, 6.45) is -0.960. The summed E-state index contributed by atoms with van der Waals surface area (Å²) in [5.74, 6) is 0. The highest BCUT2D eigenvalue weighted by atomic mass is 16.6. The van der Waals surface area contributed by atoms with Crippen molar-refractivity contribution in [3.8, 4) is 0 Å². The van der Waals surface area contributed by atoms with Crippen LogP contribution in [0.2, 0.25) is 0 Å². The van der Waals surface area contributed by atoms with E-state index in [1.807, 2.05) is 45.9 Å². The van der Waals surface area contributed by atoms with Gasteiger partial charge in [0.2, 0.25) is 0 Å². The minimum absolute atomic E-state index is 0.275. The molecule has 1 saturated heterocycles. The first-order valence-electron chi connectivity index (χ1n) is 8.65. The molecule has 1 amide bonds. The Bertz CT molecular complexity index is 592. The van der Waals surface area contributed by atoms with E-state index >= 15 is 0 Å². The zero-order chi connectivity index (χ0) is 18.6. The topological polar surface area (TPSA) is 91.1 Å². The molecule has 0 aliphatic carbocycles. The molecule has 0 radical (unpaired) electrons. The molecule has 1 heterocycles. The quantitative estimate of drug-likeness (QED) is 0.567. The van der Waals surface area contributed by atoms with E-state index < -0.39 is 11.8 Å². The van der Waals surface area contributed by atoms with E-state index in [-0.39, 0.29) is 6.09 Å². The summed E-state index contributed by atoms with van der Waals surface area (Å²) in [5.41, 5.74) is 7.83. The summed E-state index contributed by atoms with van der Waals surface area (Å²) in [6, 6.07) is 5.55. The van der Waals surface area contributed by atoms with E-state index in [1.165, 1.54) is 0 Å². The number of aryl methyl sites for hydroxylation is 1. The number of ether oxygens (including phenoxy) is 1. The maximum Gasteiger partial charge on any atom is 0.410 e. The molecule has 0 saturated carbocycles. The third-order valence-electron chi connectivity index (χ3n) is 4.03. The highest BCUT2D eigenvalue weighted by Crippen LogP contribution is 2.18. The molecule has 4 N–H and O–H groups in total. The Labute approximate surface area is 149 Å². The van der Waals surface area contributed by atoms with E-state index in [1.54, 1.807) is 4.90 Å². The number of carbonyl (C=O) groups is 1. The smallest absolute Gasteiger partial charge is 0.410 e. The maximum atomic E-state index is 12.1. The van der Waals surface area contributed by atoms with Crippen LogP contribution in [0.25, 0.3) is 0 Å². The van der Waals surface area contributed by atoms with Crippen LogP contribution in [0.3, 0.4) is 0 Å². The van der Waals surface area contributed by atoms with Crippen molar-refractivity contribution in [3.63, 3.8) is 0 Å². The standard InChI is InChI=1S/C18H30N4O3/c1-13-11-14(19)5-6-15(13)20-16(23)12-21-7-9-22(10-8-21)17(24)25-18(2,3)4/h5-6,11,16,20,23H,7-10,12,19H2,1-4H3. The van der Waals surface area contributed by atoms with Gasteiger partial charge in [-0.05, 0) is 51.5 Å². The predicted molar refractivity (Wildman–Crippen MR) is 99.5 cm³/mol. The number of piperazine rings is 1. The number of β-amino-alcohol motifs (C(OH)–C–C–N with tert-alkyl or cyclic N) is 1. The van der Waals surface area contributed by atoms with Crippen molar-refractivity contribution in [2.24, 2.45) is 0 Å². The van der Waals surface area contributed by atoms with Gasteiger partial charge in [0.1, 0.15) is 11.8 Å². The zero-order valence-corrected chi connectivity index (χ0v) is 15.6. The average Bonchev–Trinajstić information content (AvgIpc) is 2.49. The summed E-state index contributed by atoms with van der Waals surface area (Å²) >= 11 is 0. The fourth-order valence-corrected chi connectivity index (χ4v) is 2.76. The van der Waals surface area contributed by atoms with Gasteiger partial charge in [0.05, 0.1) is 0 Å². The van der Waals surface area contributed by atoms with Crippen molar-refractivity contribution in [1.82, 2.24) is 9.80 Å². The van der Waals surface area contributed by atoms with E-state index in [4.69, 9.17) is 10.5 Å². The van der Waals surface area contributed by atoms with Gasteiger partial charge in [-0.2, -0.15) is 0 Å². The molecule has 1 fully saturated rings. The lowest BCUT2D eigenvalue weighted by atomic mass is 10.2. The van der Waals surface area contributed by atoms with Crippen molar-refractivity contribution >= 4 is 17.5 Å². The number of nitrogen functional groups attached to an aromatic ring is 1. The SMILES string of the molecule is Cc1cc(N)ccc1NC(O)CN1CCN(C(=O)OC(C)(C)C)CC1. The molecule has 0 spiro atoms. The van der Waals surface area contributed by atoms with Crippen LogP contribution in [0, 0.1) is 6.92 Å². The lowest BCUT2D eigenvalue weighted by molar-refractivity contribution is 0.0113. The highest BCUT2D eigenvalue weighted by Gasteiger charge is 2.26. The fourth-order valence-electron chi connectivity index (χ4n) is 2.76. The van der Waals surface area contributed by atoms with Gasteiger partial charge in [0, 0.05) is 44.1 Å². The molecule has 1 aromatic carbocycles. The first-order chi connectivity index (χ1) is 11.6. The van der Waals surface area contributed by atoms with Gasteiger partial charge in [-0.1, -0.05) is 0 Å². The zero-order valence-electron chi connectivity index (χ0n) is 15.6. The molecule has 25 heavy (non-hydrogen) atoms. The first kappa shape index (κ1) is 19.3. The van der Waals surface area contributed by atoms with Gasteiger partial charge >= 0.3 is 6.09 Å². The molecule has 1 atom stereocenters. The molecular weight excluding hydrogens is 320 g/mol. The number of nitrogens with two attached hydrogens (primary N) is 1. The summed E-state index contributed by atoms with van der Waals surface area (Å²) in [4.78, 5) is 15.9. The summed E-state index contributed by atoms with van der Waals surface area (Å²) in [5, 5.41) is 13.4. The van der Waals surface area contributed by atoms with Crippen LogP contribution in [-0.2, 0) is 4.74 Å². The Hall–Kier alpha value is -1.99. The van der Waals surface area contributed by atoms with E-state index in [9.17, 15) is 9.90 Å². The van der Waals surface area contributed by atoms with E-state index in [0.717, 1.165) is 11.3 Å². The number of amides is 1. The van der Waals surface area contributed by atoms with Crippen LogP contribution >= 0.6 is 0 Å². The Morgan fingerprint density at radius 1 is 1.32 bits per heavy atom. The van der Waals surface area contributed by atoms with Gasteiger partial charge in [-0.15, -0.1) is 0 Å². The number of rotatable bonds is 4. The third-order valence-corrected chi connectivity index (χ3v) is 4.03. The summed E-state index contributed by atoms with van der Waals surface area (Å²) < 4.78 is 5.39.